The summed E-state index contributed by atoms with van der Waals surface area (Å²) >= 11 is 0. The topological polar surface area (TPSA) is 49.7 Å². The molecule has 0 aromatic heterocycles. The first kappa shape index (κ1) is 21.6. The van der Waals surface area contributed by atoms with Crippen LogP contribution >= 0.6 is 0 Å². The molecule has 3 saturated carbocycles. The van der Waals surface area contributed by atoms with Gasteiger partial charge in [0.25, 0.3) is 0 Å². The summed E-state index contributed by atoms with van der Waals surface area (Å²) in [4.78, 5) is 0. The summed E-state index contributed by atoms with van der Waals surface area (Å²) in [5.74, 6) is 2.35. The highest BCUT2D eigenvalue weighted by Gasteiger charge is 2.59. The Balaban J connectivity index is 1.55. The molecule has 0 amide bonds. The fourth-order valence-corrected chi connectivity index (χ4v) is 7.47. The van der Waals surface area contributed by atoms with Crippen LogP contribution in [0.25, 0.3) is 0 Å². The molecule has 0 heterocycles. The third-order valence-corrected chi connectivity index (χ3v) is 9.36. The van der Waals surface area contributed by atoms with E-state index in [9.17, 15) is 10.2 Å². The van der Waals surface area contributed by atoms with E-state index in [1.807, 2.05) is 0 Å². The zero-order chi connectivity index (χ0) is 21.0. The van der Waals surface area contributed by atoms with Gasteiger partial charge in [0.05, 0.1) is 18.3 Å². The maximum atomic E-state index is 11.0. The average molecular weight is 403 g/mol. The van der Waals surface area contributed by atoms with Crippen LogP contribution < -0.4 is 0 Å². The van der Waals surface area contributed by atoms with Gasteiger partial charge in [0, 0.05) is 18.4 Å². The van der Waals surface area contributed by atoms with Crippen molar-refractivity contribution in [2.45, 2.75) is 97.9 Å². The van der Waals surface area contributed by atoms with Crippen molar-refractivity contribution in [3.8, 4) is 0 Å². The van der Waals surface area contributed by atoms with Crippen LogP contribution in [-0.2, 0) is 4.74 Å². The second-order valence-corrected chi connectivity index (χ2v) is 11.3. The van der Waals surface area contributed by atoms with Gasteiger partial charge in [0.1, 0.15) is 0 Å². The SMILES string of the molecule is CC(C)CCOC(C)C1CCC2C3=CC=C4C[C@@H](O)C[C@H](O)[C@]4(C)C3CC[C@@]21C. The summed E-state index contributed by atoms with van der Waals surface area (Å²) in [6.07, 6.45) is 11.4. The van der Waals surface area contributed by atoms with Crippen LogP contribution in [-0.4, -0.2) is 35.1 Å². The average Bonchev–Trinajstić information content (AvgIpc) is 3.00. The van der Waals surface area contributed by atoms with Crippen molar-refractivity contribution < 1.29 is 14.9 Å². The van der Waals surface area contributed by atoms with Crippen molar-refractivity contribution in [2.24, 2.45) is 34.5 Å². The molecule has 4 aliphatic carbocycles. The summed E-state index contributed by atoms with van der Waals surface area (Å²) in [5.41, 5.74) is 2.96. The van der Waals surface area contributed by atoms with Gasteiger partial charge in [-0.2, -0.15) is 0 Å². The van der Waals surface area contributed by atoms with E-state index in [4.69, 9.17) is 4.74 Å². The highest BCUT2D eigenvalue weighted by atomic mass is 16.5. The molecule has 3 heteroatoms. The van der Waals surface area contributed by atoms with Crippen molar-refractivity contribution in [3.63, 3.8) is 0 Å². The van der Waals surface area contributed by atoms with Crippen LogP contribution in [0.5, 0.6) is 0 Å². The van der Waals surface area contributed by atoms with E-state index in [1.54, 1.807) is 5.57 Å². The zero-order valence-electron chi connectivity index (χ0n) is 19.2. The van der Waals surface area contributed by atoms with E-state index < -0.39 is 12.2 Å². The molecule has 4 unspecified atom stereocenters. The smallest absolute Gasteiger partial charge is 0.0661 e. The lowest BCUT2D eigenvalue weighted by Crippen LogP contribution is -2.52. The van der Waals surface area contributed by atoms with Gasteiger partial charge in [-0.3, -0.25) is 0 Å². The molecule has 0 aromatic rings. The number of rotatable bonds is 5. The largest absolute Gasteiger partial charge is 0.393 e. The van der Waals surface area contributed by atoms with Gasteiger partial charge in [-0.25, -0.2) is 0 Å². The number of hydrogen-bond donors (Lipinski definition) is 2. The maximum Gasteiger partial charge on any atom is 0.0661 e. The van der Waals surface area contributed by atoms with Gasteiger partial charge >= 0.3 is 0 Å². The molecule has 0 aliphatic heterocycles. The molecule has 4 aliphatic rings. The van der Waals surface area contributed by atoms with Gasteiger partial charge in [-0.15, -0.1) is 0 Å². The summed E-state index contributed by atoms with van der Waals surface area (Å²) in [6.45, 7) is 12.5. The predicted octanol–water partition coefficient (Wildman–Crippen LogP) is 5.27. The van der Waals surface area contributed by atoms with E-state index in [0.717, 1.165) is 25.9 Å². The van der Waals surface area contributed by atoms with Crippen LogP contribution in [0.2, 0.25) is 0 Å². The van der Waals surface area contributed by atoms with E-state index in [2.05, 4.69) is 46.8 Å². The first-order valence-electron chi connectivity index (χ1n) is 12.1. The van der Waals surface area contributed by atoms with Crippen LogP contribution in [0.1, 0.15) is 79.6 Å². The van der Waals surface area contributed by atoms with Gasteiger partial charge in [0.2, 0.25) is 0 Å². The number of aliphatic hydroxyl groups is 2. The molecule has 3 fully saturated rings. The lowest BCUT2D eigenvalue weighted by Gasteiger charge is -2.56. The first-order valence-corrected chi connectivity index (χ1v) is 12.1. The Kier molecular flexibility index (Phi) is 5.81. The summed E-state index contributed by atoms with van der Waals surface area (Å²) in [5, 5.41) is 21.2. The van der Waals surface area contributed by atoms with E-state index in [1.165, 1.54) is 24.8 Å². The van der Waals surface area contributed by atoms with Gasteiger partial charge in [-0.05, 0) is 74.5 Å². The minimum atomic E-state index is -0.439. The van der Waals surface area contributed by atoms with Crippen LogP contribution in [0.3, 0.4) is 0 Å². The Morgan fingerprint density at radius 1 is 1.07 bits per heavy atom. The highest BCUT2D eigenvalue weighted by Crippen LogP contribution is 2.65. The standard InChI is InChI=1S/C26H42O3/c1-16(2)11-13-29-17(3)21-8-9-22-20-7-6-18-14-19(27)15-24(28)26(18,5)23(20)10-12-25(21,22)4/h6-7,16-17,19,21-24,27-28H,8-15H2,1-5H3/t17?,19-,21?,22?,23?,24+,25-,26+/m1/s1. The van der Waals surface area contributed by atoms with Crippen LogP contribution in [0.4, 0.5) is 0 Å². The Labute approximate surface area is 177 Å². The monoisotopic (exact) mass is 402 g/mol. The molecule has 164 valence electrons. The van der Waals surface area contributed by atoms with Crippen molar-refractivity contribution in [2.75, 3.05) is 6.61 Å². The predicted molar refractivity (Wildman–Crippen MR) is 117 cm³/mol. The lowest BCUT2D eigenvalue weighted by atomic mass is 9.49. The van der Waals surface area contributed by atoms with Crippen LogP contribution in [0.15, 0.2) is 23.3 Å². The Hall–Kier alpha value is -0.640. The molecular formula is C26H42O3. The highest BCUT2D eigenvalue weighted by molar-refractivity contribution is 5.40. The summed E-state index contributed by atoms with van der Waals surface area (Å²) in [6, 6.07) is 0. The minimum absolute atomic E-state index is 0.192. The molecule has 29 heavy (non-hydrogen) atoms. The number of fused-ring (bicyclic) bond motifs is 5. The van der Waals surface area contributed by atoms with Gasteiger partial charge < -0.3 is 14.9 Å². The van der Waals surface area contributed by atoms with E-state index >= 15 is 0 Å². The molecular weight excluding hydrogens is 360 g/mol. The van der Waals surface area contributed by atoms with Crippen molar-refractivity contribution >= 4 is 0 Å². The van der Waals surface area contributed by atoms with E-state index in [-0.39, 0.29) is 5.41 Å². The fraction of sp³-hybridized carbons (Fsp3) is 0.846. The lowest BCUT2D eigenvalue weighted by molar-refractivity contribution is -0.0649. The second-order valence-electron chi connectivity index (χ2n) is 11.3. The summed E-state index contributed by atoms with van der Waals surface area (Å²) in [7, 11) is 0. The molecule has 0 radical (unpaired) electrons. The Morgan fingerprint density at radius 3 is 2.55 bits per heavy atom. The number of allylic oxidation sites excluding steroid dienone is 3. The first-order chi connectivity index (χ1) is 13.7. The maximum absolute atomic E-state index is 11.0. The van der Waals surface area contributed by atoms with Crippen molar-refractivity contribution in [1.82, 2.24) is 0 Å². The summed E-state index contributed by atoms with van der Waals surface area (Å²) < 4.78 is 6.32. The fourth-order valence-electron chi connectivity index (χ4n) is 7.47. The van der Waals surface area contributed by atoms with Crippen molar-refractivity contribution in [3.05, 3.63) is 23.3 Å². The molecule has 0 bridgehead atoms. The van der Waals surface area contributed by atoms with Crippen molar-refractivity contribution in [1.29, 1.82) is 0 Å². The Bertz CT molecular complexity index is 679. The molecule has 0 aromatic carbocycles. The van der Waals surface area contributed by atoms with Gasteiger partial charge in [-0.1, -0.05) is 51.0 Å². The number of hydrogen-bond acceptors (Lipinski definition) is 3. The normalized spacial score (nSPS) is 45.2. The number of ether oxygens (including phenoxy) is 1. The third kappa shape index (κ3) is 3.46. The molecule has 8 atom stereocenters. The Morgan fingerprint density at radius 2 is 1.83 bits per heavy atom. The third-order valence-electron chi connectivity index (χ3n) is 9.36. The zero-order valence-corrected chi connectivity index (χ0v) is 19.2. The second kappa shape index (κ2) is 7.80. The molecule has 0 spiro atoms. The van der Waals surface area contributed by atoms with Gasteiger partial charge in [0.15, 0.2) is 0 Å². The quantitative estimate of drug-likeness (QED) is 0.659. The molecule has 0 saturated heterocycles. The van der Waals surface area contributed by atoms with Crippen LogP contribution in [0, 0.1) is 34.5 Å². The molecule has 3 nitrogen and oxygen atoms in total. The molecule has 2 N–H and O–H groups in total. The molecule has 4 rings (SSSR count). The van der Waals surface area contributed by atoms with E-state index in [0.29, 0.717) is 41.6 Å². The number of aliphatic hydroxyl groups excluding tert-OH is 2. The minimum Gasteiger partial charge on any atom is -0.393 e.